The molecule has 2 fully saturated rings. The van der Waals surface area contributed by atoms with E-state index in [1.54, 1.807) is 0 Å². The molecule has 0 aromatic rings. The van der Waals surface area contributed by atoms with Gasteiger partial charge in [0.1, 0.15) is 0 Å². The summed E-state index contributed by atoms with van der Waals surface area (Å²) < 4.78 is 5.30. The molecular formula is C10H16ClNO2. The van der Waals surface area contributed by atoms with Crippen LogP contribution in [0.2, 0.25) is 0 Å². The minimum Gasteiger partial charge on any atom is -0.377 e. The summed E-state index contributed by atoms with van der Waals surface area (Å²) >= 11 is 5.80. The molecule has 2 rings (SSSR count). The van der Waals surface area contributed by atoms with Crippen LogP contribution in [0.4, 0.5) is 0 Å². The van der Waals surface area contributed by atoms with Crippen molar-refractivity contribution in [1.29, 1.82) is 0 Å². The molecule has 0 N–H and O–H groups in total. The summed E-state index contributed by atoms with van der Waals surface area (Å²) in [5.74, 6) is 1.40. The highest BCUT2D eigenvalue weighted by molar-refractivity contribution is 6.18. The minimum absolute atomic E-state index is 0.0941. The van der Waals surface area contributed by atoms with E-state index in [0.717, 1.165) is 0 Å². The van der Waals surface area contributed by atoms with E-state index in [1.807, 2.05) is 4.90 Å². The number of alkyl halides is 1. The van der Waals surface area contributed by atoms with Crippen molar-refractivity contribution in [1.82, 2.24) is 4.90 Å². The maximum atomic E-state index is 11.8. The molecule has 0 spiro atoms. The zero-order valence-electron chi connectivity index (χ0n) is 8.25. The molecule has 1 unspecified atom stereocenters. The van der Waals surface area contributed by atoms with Gasteiger partial charge < -0.3 is 9.64 Å². The molecule has 1 saturated heterocycles. The van der Waals surface area contributed by atoms with E-state index in [0.29, 0.717) is 38.0 Å². The minimum atomic E-state index is 0.0941. The predicted octanol–water partition coefficient (Wildman–Crippen LogP) is 1.25. The summed E-state index contributed by atoms with van der Waals surface area (Å²) in [5, 5.41) is 0. The number of hydrogen-bond donors (Lipinski definition) is 0. The second kappa shape index (κ2) is 4.49. The zero-order valence-corrected chi connectivity index (χ0v) is 9.00. The fourth-order valence-electron chi connectivity index (χ4n) is 1.80. The highest BCUT2D eigenvalue weighted by Gasteiger charge is 2.31. The van der Waals surface area contributed by atoms with Gasteiger partial charge in [0.2, 0.25) is 5.91 Å². The average Bonchev–Trinajstić information content (AvgIpc) is 3.01. The molecule has 1 heterocycles. The Bertz CT molecular complexity index is 218. The summed E-state index contributed by atoms with van der Waals surface area (Å²) in [4.78, 5) is 13.7. The fraction of sp³-hybridized carbons (Fsp3) is 0.900. The Balaban J connectivity index is 1.87. The highest BCUT2D eigenvalue weighted by Crippen LogP contribution is 2.33. The Morgan fingerprint density at radius 3 is 2.93 bits per heavy atom. The maximum absolute atomic E-state index is 11.8. The maximum Gasteiger partial charge on any atom is 0.223 e. The third kappa shape index (κ3) is 2.39. The van der Waals surface area contributed by atoms with Crippen molar-refractivity contribution >= 4 is 17.5 Å². The topological polar surface area (TPSA) is 29.5 Å². The van der Waals surface area contributed by atoms with Crippen molar-refractivity contribution in [3.05, 3.63) is 0 Å². The lowest BCUT2D eigenvalue weighted by atomic mass is 10.2. The Morgan fingerprint density at radius 2 is 2.29 bits per heavy atom. The first-order valence-corrected chi connectivity index (χ1v) is 5.78. The Morgan fingerprint density at radius 1 is 1.50 bits per heavy atom. The van der Waals surface area contributed by atoms with Gasteiger partial charge >= 0.3 is 0 Å². The van der Waals surface area contributed by atoms with Crippen LogP contribution >= 0.6 is 11.6 Å². The second-order valence-corrected chi connectivity index (χ2v) is 4.43. The number of rotatable bonds is 3. The summed E-state index contributed by atoms with van der Waals surface area (Å²) in [7, 11) is 0. The molecule has 1 aliphatic heterocycles. The van der Waals surface area contributed by atoms with E-state index in [9.17, 15) is 4.79 Å². The number of morpholine rings is 1. The van der Waals surface area contributed by atoms with E-state index < -0.39 is 0 Å². The van der Waals surface area contributed by atoms with Crippen molar-refractivity contribution in [3.8, 4) is 0 Å². The molecule has 0 bridgehead atoms. The number of amides is 1. The van der Waals surface area contributed by atoms with Crippen molar-refractivity contribution in [3.63, 3.8) is 0 Å². The second-order valence-electron chi connectivity index (χ2n) is 4.12. The monoisotopic (exact) mass is 217 g/mol. The van der Waals surface area contributed by atoms with Crippen molar-refractivity contribution < 1.29 is 9.53 Å². The lowest BCUT2D eigenvalue weighted by Gasteiger charge is -2.34. The van der Waals surface area contributed by atoms with Gasteiger partial charge in [0.05, 0.1) is 19.3 Å². The van der Waals surface area contributed by atoms with E-state index in [-0.39, 0.29) is 11.9 Å². The van der Waals surface area contributed by atoms with Crippen LogP contribution in [0.1, 0.15) is 19.3 Å². The van der Waals surface area contributed by atoms with E-state index >= 15 is 0 Å². The van der Waals surface area contributed by atoms with Crippen LogP contribution in [0.5, 0.6) is 0 Å². The predicted molar refractivity (Wildman–Crippen MR) is 54.4 cm³/mol. The van der Waals surface area contributed by atoms with Gasteiger partial charge in [0.15, 0.2) is 0 Å². The molecule has 0 aromatic heterocycles. The molecule has 1 atom stereocenters. The van der Waals surface area contributed by atoms with Crippen LogP contribution in [-0.2, 0) is 9.53 Å². The van der Waals surface area contributed by atoms with Crippen LogP contribution in [0.25, 0.3) is 0 Å². The van der Waals surface area contributed by atoms with Crippen LogP contribution in [0, 0.1) is 5.92 Å². The van der Waals surface area contributed by atoms with Gasteiger partial charge in [-0.15, -0.1) is 11.6 Å². The number of ether oxygens (including phenoxy) is 1. The number of nitrogens with zero attached hydrogens (tertiary/aromatic N) is 1. The Labute approximate surface area is 89.4 Å². The van der Waals surface area contributed by atoms with Crippen LogP contribution in [-0.4, -0.2) is 42.5 Å². The normalized spacial score (nSPS) is 27.8. The van der Waals surface area contributed by atoms with Crippen LogP contribution < -0.4 is 0 Å². The van der Waals surface area contributed by atoms with Crippen LogP contribution in [0.3, 0.4) is 0 Å². The molecule has 1 aliphatic carbocycles. The van der Waals surface area contributed by atoms with Crippen molar-refractivity contribution in [2.24, 2.45) is 5.92 Å². The molecule has 1 amide bonds. The van der Waals surface area contributed by atoms with Crippen LogP contribution in [0.15, 0.2) is 0 Å². The first-order valence-electron chi connectivity index (χ1n) is 5.24. The molecule has 2 aliphatic rings. The van der Waals surface area contributed by atoms with Gasteiger partial charge in [0.25, 0.3) is 0 Å². The third-order valence-corrected chi connectivity index (χ3v) is 3.24. The van der Waals surface area contributed by atoms with E-state index in [1.165, 1.54) is 12.8 Å². The first-order chi connectivity index (χ1) is 6.81. The molecule has 80 valence electrons. The largest absolute Gasteiger partial charge is 0.377 e. The average molecular weight is 218 g/mol. The first kappa shape index (κ1) is 10.2. The lowest BCUT2D eigenvalue weighted by Crippen LogP contribution is -2.49. The van der Waals surface area contributed by atoms with E-state index in [2.05, 4.69) is 0 Å². The number of hydrogen-bond acceptors (Lipinski definition) is 2. The summed E-state index contributed by atoms with van der Waals surface area (Å²) in [6, 6.07) is 0.0941. The van der Waals surface area contributed by atoms with Gasteiger partial charge in [-0.1, -0.05) is 0 Å². The number of carbonyl (C=O) groups excluding carboxylic acids is 1. The highest BCUT2D eigenvalue weighted by atomic mass is 35.5. The molecule has 3 nitrogen and oxygen atoms in total. The van der Waals surface area contributed by atoms with Gasteiger partial charge in [-0.2, -0.15) is 0 Å². The zero-order chi connectivity index (χ0) is 9.97. The Hall–Kier alpha value is -0.280. The molecular weight excluding hydrogens is 202 g/mol. The molecule has 14 heavy (non-hydrogen) atoms. The molecule has 1 saturated carbocycles. The van der Waals surface area contributed by atoms with Gasteiger partial charge in [-0.3, -0.25) is 4.79 Å². The smallest absolute Gasteiger partial charge is 0.223 e. The summed E-state index contributed by atoms with van der Waals surface area (Å²) in [5.41, 5.74) is 0. The van der Waals surface area contributed by atoms with E-state index in [4.69, 9.17) is 16.3 Å². The fourth-order valence-corrected chi connectivity index (χ4v) is 2.05. The quantitative estimate of drug-likeness (QED) is 0.666. The van der Waals surface area contributed by atoms with Crippen molar-refractivity contribution in [2.75, 3.05) is 25.6 Å². The number of carbonyl (C=O) groups is 1. The van der Waals surface area contributed by atoms with Gasteiger partial charge in [-0.05, 0) is 18.8 Å². The summed E-state index contributed by atoms with van der Waals surface area (Å²) in [6.07, 6.45) is 3.16. The molecule has 4 heteroatoms. The van der Waals surface area contributed by atoms with Gasteiger partial charge in [0, 0.05) is 18.8 Å². The standard InChI is InChI=1S/C10H16ClNO2/c11-6-9-7-14-4-3-12(9)10(13)5-8-1-2-8/h8-9H,1-7H2. The third-order valence-electron chi connectivity index (χ3n) is 2.89. The molecule has 0 aromatic carbocycles. The number of halogens is 1. The summed E-state index contributed by atoms with van der Waals surface area (Å²) in [6.45, 7) is 1.96. The Kier molecular flexibility index (Phi) is 3.29. The lowest BCUT2D eigenvalue weighted by molar-refractivity contribution is -0.139. The van der Waals surface area contributed by atoms with Crippen molar-refractivity contribution in [2.45, 2.75) is 25.3 Å². The molecule has 0 radical (unpaired) electrons. The van der Waals surface area contributed by atoms with Gasteiger partial charge in [-0.25, -0.2) is 0 Å². The SMILES string of the molecule is O=C(CC1CC1)N1CCOCC1CCl.